The van der Waals surface area contributed by atoms with Gasteiger partial charge in [0.25, 0.3) is 11.7 Å². The van der Waals surface area contributed by atoms with Crippen molar-refractivity contribution in [2.24, 2.45) is 5.92 Å². The number of carbonyl (C=O) groups excluding carboxylic acids is 1. The summed E-state index contributed by atoms with van der Waals surface area (Å²) in [6, 6.07) is 1.83. The third-order valence-electron chi connectivity index (χ3n) is 3.87. The number of fused-ring (bicyclic) bond motifs is 1. The molecule has 3 rings (SSSR count). The molecule has 9 heteroatoms. The van der Waals surface area contributed by atoms with Gasteiger partial charge in [-0.1, -0.05) is 0 Å². The molecule has 0 aliphatic carbocycles. The summed E-state index contributed by atoms with van der Waals surface area (Å²) in [4.78, 5) is 20.3. The standard InChI is InChI=1S/C14H20N6O.2ClH/c1-10-4-7-17-14-18-12(19-20(10)14)13(21)16-8-5-11-3-2-6-15-9-11;;/h4,7,11,15H,2-3,5-6,8-9H2,1H3,(H,16,21);2*1H. The van der Waals surface area contributed by atoms with E-state index in [1.165, 1.54) is 12.8 Å². The minimum absolute atomic E-state index is 0. The molecule has 128 valence electrons. The molecule has 2 aromatic rings. The predicted octanol–water partition coefficient (Wildman–Crippen LogP) is 1.40. The van der Waals surface area contributed by atoms with Gasteiger partial charge in [0.2, 0.25) is 5.82 Å². The molecule has 7 nitrogen and oxygen atoms in total. The molecule has 2 aromatic heterocycles. The average molecular weight is 361 g/mol. The summed E-state index contributed by atoms with van der Waals surface area (Å²) in [7, 11) is 0. The molecule has 23 heavy (non-hydrogen) atoms. The van der Waals surface area contributed by atoms with Crippen molar-refractivity contribution in [3.63, 3.8) is 0 Å². The van der Waals surface area contributed by atoms with Gasteiger partial charge in [0, 0.05) is 18.4 Å². The molecular formula is C14H22Cl2N6O. The summed E-state index contributed by atoms with van der Waals surface area (Å²) in [6.07, 6.45) is 5.11. The van der Waals surface area contributed by atoms with Gasteiger partial charge in [-0.15, -0.1) is 29.9 Å². The molecule has 0 aromatic carbocycles. The van der Waals surface area contributed by atoms with E-state index in [0.717, 1.165) is 25.2 Å². The first-order valence-corrected chi connectivity index (χ1v) is 7.41. The Kier molecular flexibility index (Phi) is 7.67. The monoisotopic (exact) mass is 360 g/mol. The fourth-order valence-electron chi connectivity index (χ4n) is 2.64. The third-order valence-corrected chi connectivity index (χ3v) is 3.87. The summed E-state index contributed by atoms with van der Waals surface area (Å²) < 4.78 is 1.58. The van der Waals surface area contributed by atoms with Crippen LogP contribution in [0.5, 0.6) is 0 Å². The normalized spacial score (nSPS) is 17.2. The van der Waals surface area contributed by atoms with Crippen molar-refractivity contribution in [1.29, 1.82) is 0 Å². The van der Waals surface area contributed by atoms with Crippen LogP contribution in [-0.2, 0) is 0 Å². The first kappa shape index (κ1) is 19.6. The molecule has 1 aliphatic heterocycles. The second-order valence-electron chi connectivity index (χ2n) is 5.49. The number of nitrogens with one attached hydrogen (secondary N) is 2. The maximum absolute atomic E-state index is 12.1. The average Bonchev–Trinajstić information content (AvgIpc) is 2.94. The van der Waals surface area contributed by atoms with Crippen LogP contribution < -0.4 is 10.6 Å². The molecule has 0 radical (unpaired) electrons. The third kappa shape index (κ3) is 4.76. The zero-order valence-electron chi connectivity index (χ0n) is 13.0. The Hall–Kier alpha value is -1.44. The van der Waals surface area contributed by atoms with Crippen molar-refractivity contribution >= 4 is 36.5 Å². The molecule has 1 unspecified atom stereocenters. The Bertz CT molecular complexity index is 641. The molecule has 1 amide bonds. The van der Waals surface area contributed by atoms with E-state index in [4.69, 9.17) is 0 Å². The van der Waals surface area contributed by atoms with E-state index in [-0.39, 0.29) is 36.5 Å². The lowest BCUT2D eigenvalue weighted by Gasteiger charge is -2.22. The first-order valence-electron chi connectivity index (χ1n) is 7.41. The van der Waals surface area contributed by atoms with Crippen molar-refractivity contribution < 1.29 is 4.79 Å². The highest BCUT2D eigenvalue weighted by molar-refractivity contribution is 5.90. The fraction of sp³-hybridized carbons (Fsp3) is 0.571. The Morgan fingerprint density at radius 3 is 3.00 bits per heavy atom. The summed E-state index contributed by atoms with van der Waals surface area (Å²) in [5.41, 5.74) is 0.903. The highest BCUT2D eigenvalue weighted by atomic mass is 35.5. The Morgan fingerprint density at radius 1 is 1.48 bits per heavy atom. The molecule has 1 saturated heterocycles. The van der Waals surface area contributed by atoms with Crippen LogP contribution in [0.3, 0.4) is 0 Å². The van der Waals surface area contributed by atoms with Crippen LogP contribution in [0.25, 0.3) is 5.78 Å². The number of amides is 1. The lowest BCUT2D eigenvalue weighted by atomic mass is 9.96. The maximum atomic E-state index is 12.1. The van der Waals surface area contributed by atoms with E-state index in [1.54, 1.807) is 10.7 Å². The molecule has 0 bridgehead atoms. The highest BCUT2D eigenvalue weighted by Gasteiger charge is 2.16. The SMILES string of the molecule is Cc1ccnc2nc(C(=O)NCCC3CCCNC3)nn12.Cl.Cl. The topological polar surface area (TPSA) is 84.2 Å². The van der Waals surface area contributed by atoms with Crippen molar-refractivity contribution in [2.45, 2.75) is 26.2 Å². The van der Waals surface area contributed by atoms with Crippen molar-refractivity contribution in [1.82, 2.24) is 30.2 Å². The van der Waals surface area contributed by atoms with E-state index in [9.17, 15) is 4.79 Å². The van der Waals surface area contributed by atoms with Crippen LogP contribution >= 0.6 is 24.8 Å². The number of piperidine rings is 1. The van der Waals surface area contributed by atoms with E-state index < -0.39 is 0 Å². The number of aromatic nitrogens is 4. The number of nitrogens with zero attached hydrogens (tertiary/aromatic N) is 4. The number of rotatable bonds is 4. The number of hydrogen-bond donors (Lipinski definition) is 2. The lowest BCUT2D eigenvalue weighted by Crippen LogP contribution is -2.33. The molecule has 0 saturated carbocycles. The van der Waals surface area contributed by atoms with Gasteiger partial charge in [0.05, 0.1) is 0 Å². The van der Waals surface area contributed by atoms with Crippen molar-refractivity contribution in [2.75, 3.05) is 19.6 Å². The molecule has 3 heterocycles. The molecule has 0 spiro atoms. The Labute approximate surface area is 147 Å². The van der Waals surface area contributed by atoms with Crippen LogP contribution in [0.2, 0.25) is 0 Å². The number of aryl methyl sites for hydroxylation is 1. The maximum Gasteiger partial charge on any atom is 0.291 e. The lowest BCUT2D eigenvalue weighted by molar-refractivity contribution is 0.0940. The van der Waals surface area contributed by atoms with Gasteiger partial charge in [0.15, 0.2) is 0 Å². The molecule has 1 fully saturated rings. The summed E-state index contributed by atoms with van der Waals surface area (Å²) in [5, 5.41) is 10.5. The van der Waals surface area contributed by atoms with Gasteiger partial charge < -0.3 is 10.6 Å². The largest absolute Gasteiger partial charge is 0.349 e. The first-order chi connectivity index (χ1) is 10.2. The second kappa shape index (κ2) is 9.00. The van der Waals surface area contributed by atoms with Crippen LogP contribution in [0.1, 0.15) is 35.6 Å². The molecular weight excluding hydrogens is 339 g/mol. The Morgan fingerprint density at radius 2 is 2.30 bits per heavy atom. The van der Waals surface area contributed by atoms with Crippen LogP contribution in [0, 0.1) is 12.8 Å². The smallest absolute Gasteiger partial charge is 0.291 e. The summed E-state index contributed by atoms with van der Waals surface area (Å²) in [5.74, 6) is 1.05. The Balaban J connectivity index is 0.00000132. The van der Waals surface area contributed by atoms with Gasteiger partial charge in [-0.05, 0) is 51.3 Å². The minimum Gasteiger partial charge on any atom is -0.349 e. The predicted molar refractivity (Wildman–Crippen MR) is 92.6 cm³/mol. The van der Waals surface area contributed by atoms with Crippen LogP contribution in [0.4, 0.5) is 0 Å². The van der Waals surface area contributed by atoms with Gasteiger partial charge in [-0.2, -0.15) is 4.98 Å². The number of hydrogen-bond acceptors (Lipinski definition) is 5. The molecule has 2 N–H and O–H groups in total. The van der Waals surface area contributed by atoms with E-state index >= 15 is 0 Å². The van der Waals surface area contributed by atoms with Gasteiger partial charge in [-0.25, -0.2) is 9.50 Å². The number of halogens is 2. The highest BCUT2D eigenvalue weighted by Crippen LogP contribution is 2.12. The summed E-state index contributed by atoms with van der Waals surface area (Å²) >= 11 is 0. The van der Waals surface area contributed by atoms with E-state index in [0.29, 0.717) is 18.2 Å². The number of carbonyl (C=O) groups is 1. The molecule has 1 atom stereocenters. The van der Waals surface area contributed by atoms with E-state index in [2.05, 4.69) is 25.7 Å². The second-order valence-corrected chi connectivity index (χ2v) is 5.49. The van der Waals surface area contributed by atoms with Crippen molar-refractivity contribution in [3.8, 4) is 0 Å². The fourth-order valence-corrected chi connectivity index (χ4v) is 2.64. The zero-order valence-corrected chi connectivity index (χ0v) is 14.6. The minimum atomic E-state index is -0.233. The van der Waals surface area contributed by atoms with Crippen molar-refractivity contribution in [3.05, 3.63) is 23.8 Å². The van der Waals surface area contributed by atoms with E-state index in [1.807, 2.05) is 13.0 Å². The quantitative estimate of drug-likeness (QED) is 0.860. The van der Waals surface area contributed by atoms with Crippen LogP contribution in [0.15, 0.2) is 12.3 Å². The van der Waals surface area contributed by atoms with Gasteiger partial charge in [-0.3, -0.25) is 4.79 Å². The summed E-state index contributed by atoms with van der Waals surface area (Å²) in [6.45, 7) is 4.72. The molecule has 1 aliphatic rings. The van der Waals surface area contributed by atoms with Gasteiger partial charge in [0.1, 0.15) is 0 Å². The van der Waals surface area contributed by atoms with Crippen LogP contribution in [-0.4, -0.2) is 45.1 Å². The zero-order chi connectivity index (χ0) is 14.7. The van der Waals surface area contributed by atoms with Gasteiger partial charge >= 0.3 is 0 Å².